The van der Waals surface area contributed by atoms with Crippen molar-refractivity contribution in [3.8, 4) is 17.6 Å². The molecule has 0 saturated carbocycles. The van der Waals surface area contributed by atoms with Crippen LogP contribution in [0.25, 0.3) is 6.08 Å². The van der Waals surface area contributed by atoms with Crippen molar-refractivity contribution in [1.29, 1.82) is 5.26 Å². The number of ether oxygens (including phenoxy) is 2. The van der Waals surface area contributed by atoms with Crippen LogP contribution in [-0.4, -0.2) is 24.1 Å². The van der Waals surface area contributed by atoms with E-state index in [0.29, 0.717) is 28.3 Å². The Morgan fingerprint density at radius 3 is 2.50 bits per heavy atom. The van der Waals surface area contributed by atoms with Crippen LogP contribution in [0.5, 0.6) is 11.5 Å². The maximum absolute atomic E-state index is 12.4. The first kappa shape index (κ1) is 22.1. The number of carbonyl (C=O) groups excluding carboxylic acids is 1. The number of methoxy groups -OCH3 is 1. The Labute approximate surface area is 185 Å². The maximum Gasteiger partial charge on any atom is 0.335 e. The smallest absolute Gasteiger partial charge is 0.335 e. The molecule has 0 atom stereocenters. The van der Waals surface area contributed by atoms with Gasteiger partial charge in [0, 0.05) is 5.69 Å². The normalized spacial score (nSPS) is 10.7. The summed E-state index contributed by atoms with van der Waals surface area (Å²) in [7, 11) is 1.48. The van der Waals surface area contributed by atoms with Gasteiger partial charge in [-0.2, -0.15) is 5.26 Å². The number of rotatable bonds is 8. The van der Waals surface area contributed by atoms with E-state index in [1.165, 1.54) is 25.3 Å². The van der Waals surface area contributed by atoms with E-state index in [4.69, 9.17) is 14.6 Å². The highest BCUT2D eigenvalue weighted by Crippen LogP contribution is 2.30. The molecule has 0 bridgehead atoms. The first-order chi connectivity index (χ1) is 15.5. The van der Waals surface area contributed by atoms with Gasteiger partial charge in [0.2, 0.25) is 0 Å². The molecule has 32 heavy (non-hydrogen) atoms. The van der Waals surface area contributed by atoms with E-state index in [1.54, 1.807) is 54.6 Å². The number of nitriles is 1. The molecule has 0 radical (unpaired) electrons. The van der Waals surface area contributed by atoms with Gasteiger partial charge in [-0.3, -0.25) is 4.79 Å². The number of nitrogens with one attached hydrogen (secondary N) is 1. The summed E-state index contributed by atoms with van der Waals surface area (Å²) < 4.78 is 11.2. The predicted octanol–water partition coefficient (Wildman–Crippen LogP) is 4.52. The van der Waals surface area contributed by atoms with Crippen molar-refractivity contribution in [1.82, 2.24) is 0 Å². The lowest BCUT2D eigenvalue weighted by Gasteiger charge is -2.12. The van der Waals surface area contributed by atoms with E-state index in [2.05, 4.69) is 5.32 Å². The van der Waals surface area contributed by atoms with Crippen LogP contribution in [0, 0.1) is 11.3 Å². The summed E-state index contributed by atoms with van der Waals surface area (Å²) >= 11 is 0. The molecule has 160 valence electrons. The number of benzene rings is 3. The lowest BCUT2D eigenvalue weighted by molar-refractivity contribution is -0.112. The molecular weight excluding hydrogens is 408 g/mol. The second-order valence-corrected chi connectivity index (χ2v) is 6.69. The van der Waals surface area contributed by atoms with Crippen LogP contribution < -0.4 is 14.8 Å². The van der Waals surface area contributed by atoms with E-state index in [9.17, 15) is 14.9 Å². The molecule has 0 heterocycles. The Kier molecular flexibility index (Phi) is 7.23. The molecule has 1 amide bonds. The highest BCUT2D eigenvalue weighted by Gasteiger charge is 2.12. The number of carbonyl (C=O) groups is 2. The maximum atomic E-state index is 12.4. The summed E-state index contributed by atoms with van der Waals surface area (Å²) in [6, 6.07) is 22.2. The molecular formula is C25H20N2O5. The van der Waals surface area contributed by atoms with Crippen molar-refractivity contribution in [2.45, 2.75) is 6.61 Å². The minimum atomic E-state index is -1.01. The molecule has 3 rings (SSSR count). The van der Waals surface area contributed by atoms with Crippen LogP contribution in [0.2, 0.25) is 0 Å². The number of aromatic carboxylic acids is 1. The first-order valence-electron chi connectivity index (χ1n) is 9.61. The summed E-state index contributed by atoms with van der Waals surface area (Å²) in [5.74, 6) is -0.673. The number of nitrogens with zero attached hydrogens (tertiary/aromatic N) is 1. The van der Waals surface area contributed by atoms with Crippen molar-refractivity contribution >= 4 is 23.6 Å². The molecule has 0 saturated heterocycles. The standard InChI is InChI=1S/C25H20N2O5/c1-31-23-14-17(12-20(15-26)24(28)27-21-8-3-2-4-9-21)10-11-22(23)32-16-18-6-5-7-19(13-18)25(29)30/h2-14H,16H2,1H3,(H,27,28)(H,29,30)/b20-12+. The topological polar surface area (TPSA) is 109 Å². The zero-order valence-electron chi connectivity index (χ0n) is 17.2. The SMILES string of the molecule is COc1cc(/C=C(\C#N)C(=O)Nc2ccccc2)ccc1OCc1cccc(C(=O)O)c1. The van der Waals surface area contributed by atoms with Gasteiger partial charge in [0.15, 0.2) is 11.5 Å². The molecule has 3 aromatic rings. The van der Waals surface area contributed by atoms with E-state index < -0.39 is 11.9 Å². The largest absolute Gasteiger partial charge is 0.493 e. The van der Waals surface area contributed by atoms with Gasteiger partial charge in [0.05, 0.1) is 12.7 Å². The summed E-state index contributed by atoms with van der Waals surface area (Å²) in [5, 5.41) is 21.2. The molecule has 0 aliphatic carbocycles. The summed E-state index contributed by atoms with van der Waals surface area (Å²) in [6.07, 6.45) is 1.46. The number of amides is 1. The average Bonchev–Trinajstić information content (AvgIpc) is 2.82. The van der Waals surface area contributed by atoms with Crippen LogP contribution in [-0.2, 0) is 11.4 Å². The summed E-state index contributed by atoms with van der Waals surface area (Å²) in [5.41, 5.74) is 1.99. The molecule has 0 aliphatic rings. The third kappa shape index (κ3) is 5.74. The van der Waals surface area contributed by atoms with Crippen LogP contribution in [0.4, 0.5) is 5.69 Å². The van der Waals surface area contributed by atoms with Crippen molar-refractivity contribution < 1.29 is 24.2 Å². The Bertz CT molecular complexity index is 1200. The van der Waals surface area contributed by atoms with Crippen LogP contribution in [0.15, 0.2) is 78.4 Å². The predicted molar refractivity (Wildman–Crippen MR) is 119 cm³/mol. The highest BCUT2D eigenvalue weighted by molar-refractivity contribution is 6.09. The van der Waals surface area contributed by atoms with Crippen molar-refractivity contribution in [3.63, 3.8) is 0 Å². The molecule has 0 fully saturated rings. The zero-order chi connectivity index (χ0) is 22.9. The number of hydrogen-bond donors (Lipinski definition) is 2. The van der Waals surface area contributed by atoms with E-state index in [0.717, 1.165) is 0 Å². The van der Waals surface area contributed by atoms with Crippen LogP contribution >= 0.6 is 0 Å². The molecule has 2 N–H and O–H groups in total. The van der Waals surface area contributed by atoms with Gasteiger partial charge in [0.25, 0.3) is 5.91 Å². The molecule has 7 heteroatoms. The molecule has 0 spiro atoms. The fourth-order valence-corrected chi connectivity index (χ4v) is 2.88. The minimum absolute atomic E-state index is 0.0601. The highest BCUT2D eigenvalue weighted by atomic mass is 16.5. The summed E-state index contributed by atoms with van der Waals surface area (Å²) in [4.78, 5) is 23.5. The Balaban J connectivity index is 1.75. The number of para-hydroxylation sites is 1. The molecule has 0 aliphatic heterocycles. The third-order valence-electron chi connectivity index (χ3n) is 4.46. The van der Waals surface area contributed by atoms with Crippen LogP contribution in [0.1, 0.15) is 21.5 Å². The fraction of sp³-hybridized carbons (Fsp3) is 0.0800. The number of hydrogen-bond acceptors (Lipinski definition) is 5. The van der Waals surface area contributed by atoms with Crippen molar-refractivity contribution in [3.05, 3.63) is 95.1 Å². The Morgan fingerprint density at radius 1 is 1.03 bits per heavy atom. The lowest BCUT2D eigenvalue weighted by atomic mass is 10.1. The van der Waals surface area contributed by atoms with Gasteiger partial charge < -0.3 is 19.9 Å². The number of carboxylic acids is 1. The van der Waals surface area contributed by atoms with Crippen molar-refractivity contribution in [2.75, 3.05) is 12.4 Å². The number of anilines is 1. The second kappa shape index (κ2) is 10.5. The lowest BCUT2D eigenvalue weighted by Crippen LogP contribution is -2.13. The van der Waals surface area contributed by atoms with Gasteiger partial charge in [-0.1, -0.05) is 36.4 Å². The van der Waals surface area contributed by atoms with Gasteiger partial charge in [0.1, 0.15) is 18.2 Å². The first-order valence-corrected chi connectivity index (χ1v) is 9.61. The van der Waals surface area contributed by atoms with Crippen molar-refractivity contribution in [2.24, 2.45) is 0 Å². The second-order valence-electron chi connectivity index (χ2n) is 6.69. The minimum Gasteiger partial charge on any atom is -0.493 e. The van der Waals surface area contributed by atoms with E-state index in [-0.39, 0.29) is 17.7 Å². The van der Waals surface area contributed by atoms with Gasteiger partial charge in [-0.25, -0.2) is 4.79 Å². The van der Waals surface area contributed by atoms with Gasteiger partial charge in [-0.15, -0.1) is 0 Å². The van der Waals surface area contributed by atoms with E-state index >= 15 is 0 Å². The van der Waals surface area contributed by atoms with Gasteiger partial charge >= 0.3 is 5.97 Å². The van der Waals surface area contributed by atoms with Crippen LogP contribution in [0.3, 0.4) is 0 Å². The fourth-order valence-electron chi connectivity index (χ4n) is 2.88. The van der Waals surface area contributed by atoms with E-state index in [1.807, 2.05) is 12.1 Å². The monoisotopic (exact) mass is 428 g/mol. The Morgan fingerprint density at radius 2 is 1.81 bits per heavy atom. The quantitative estimate of drug-likeness (QED) is 0.403. The average molecular weight is 428 g/mol. The molecule has 0 aromatic heterocycles. The number of carboxylic acid groups (broad SMARTS) is 1. The molecule has 0 unspecified atom stereocenters. The molecule has 7 nitrogen and oxygen atoms in total. The third-order valence-corrected chi connectivity index (χ3v) is 4.46. The Hall–Kier alpha value is -4.57. The summed E-state index contributed by atoms with van der Waals surface area (Å²) in [6.45, 7) is 0.148. The molecule has 3 aromatic carbocycles. The van der Waals surface area contributed by atoms with Gasteiger partial charge in [-0.05, 0) is 53.6 Å². The zero-order valence-corrected chi connectivity index (χ0v) is 17.2.